The van der Waals surface area contributed by atoms with E-state index < -0.39 is 22.5 Å². The lowest BCUT2D eigenvalue weighted by molar-refractivity contribution is -0.0160. The Hall–Kier alpha value is -2.17. The van der Waals surface area contributed by atoms with Gasteiger partial charge in [-0.15, -0.1) is 4.28 Å². The molecular weight excluding hydrogens is 302 g/mol. The lowest BCUT2D eigenvalue weighted by atomic mass is 9.97. The molecule has 1 aromatic rings. The number of hydroxylamine groups is 2. The first-order valence-corrected chi connectivity index (χ1v) is 7.36. The molecular formula is C11H11N3O6S. The molecule has 2 aliphatic heterocycles. The molecule has 2 bridgehead atoms. The van der Waals surface area contributed by atoms with Crippen LogP contribution in [0.3, 0.4) is 0 Å². The minimum Gasteiger partial charge on any atom is -0.329 e. The Morgan fingerprint density at radius 3 is 2.81 bits per heavy atom. The third kappa shape index (κ3) is 2.44. The van der Waals surface area contributed by atoms with E-state index >= 15 is 0 Å². The summed E-state index contributed by atoms with van der Waals surface area (Å²) in [6.07, 6.45) is 3.12. The topological polar surface area (TPSA) is 120 Å². The number of fused-ring (bicyclic) bond motifs is 2. The fourth-order valence-corrected chi connectivity index (χ4v) is 2.85. The maximum absolute atomic E-state index is 12.0. The van der Waals surface area contributed by atoms with Crippen molar-refractivity contribution in [2.75, 3.05) is 13.1 Å². The quantitative estimate of drug-likeness (QED) is 0.733. The molecule has 21 heavy (non-hydrogen) atoms. The van der Waals surface area contributed by atoms with Crippen molar-refractivity contribution in [2.45, 2.75) is 6.04 Å². The van der Waals surface area contributed by atoms with Crippen molar-refractivity contribution in [2.24, 2.45) is 0 Å². The van der Waals surface area contributed by atoms with E-state index in [1.165, 1.54) is 11.1 Å². The monoisotopic (exact) mass is 313 g/mol. The first-order chi connectivity index (χ1) is 9.87. The molecule has 0 radical (unpaired) electrons. The first-order valence-electron chi connectivity index (χ1n) is 6.00. The Balaban J connectivity index is 2.01. The van der Waals surface area contributed by atoms with Crippen LogP contribution in [-0.2, 0) is 14.7 Å². The van der Waals surface area contributed by atoms with Crippen molar-refractivity contribution in [3.05, 3.63) is 40.3 Å². The Bertz CT molecular complexity index is 783. The van der Waals surface area contributed by atoms with Crippen LogP contribution >= 0.6 is 0 Å². The zero-order valence-corrected chi connectivity index (χ0v) is 11.4. The summed E-state index contributed by atoms with van der Waals surface area (Å²) in [5.74, 6) is 0. The zero-order valence-electron chi connectivity index (χ0n) is 10.6. The largest absolute Gasteiger partial charge is 0.418 e. The van der Waals surface area contributed by atoms with E-state index in [2.05, 4.69) is 9.27 Å². The molecule has 1 saturated heterocycles. The van der Waals surface area contributed by atoms with E-state index in [0.29, 0.717) is 16.2 Å². The van der Waals surface area contributed by atoms with Crippen LogP contribution in [0.15, 0.2) is 29.2 Å². The summed E-state index contributed by atoms with van der Waals surface area (Å²) in [6.45, 7) is 0.402. The highest BCUT2D eigenvalue weighted by atomic mass is 32.3. The molecule has 1 fully saturated rings. The minimum atomic E-state index is -4.83. The molecule has 0 saturated carbocycles. The van der Waals surface area contributed by atoms with Crippen LogP contribution in [0.1, 0.15) is 5.56 Å². The molecule has 2 N–H and O–H groups in total. The van der Waals surface area contributed by atoms with Crippen molar-refractivity contribution in [1.29, 1.82) is 0 Å². The summed E-state index contributed by atoms with van der Waals surface area (Å²) in [4.78, 5) is 27.7. The number of nitrogens with one attached hydrogen (secondary N) is 1. The molecule has 10 heteroatoms. The Labute approximate surface area is 119 Å². The highest BCUT2D eigenvalue weighted by molar-refractivity contribution is 7.80. The molecule has 0 aromatic carbocycles. The lowest BCUT2D eigenvalue weighted by Crippen LogP contribution is -2.37. The number of hydrogen-bond acceptors (Lipinski definition) is 5. The third-order valence-corrected chi connectivity index (χ3v) is 3.68. The minimum absolute atomic E-state index is 0.175. The number of H-pyrrole nitrogens is 1. The van der Waals surface area contributed by atoms with Gasteiger partial charge in [-0.2, -0.15) is 13.5 Å². The fraction of sp³-hybridized carbons (Fsp3) is 0.273. The number of amides is 2. The Kier molecular flexibility index (Phi) is 3.08. The standard InChI is InChI=1S/C11H11N3O6S/c15-10-8(2-1-4-12-10)7-3-5-13-6-9(7)14(11(13)16)20-21(17,18)19/h1-4,9H,5-6H2,(H,12,15)(H,17,18,19). The van der Waals surface area contributed by atoms with Gasteiger partial charge in [-0.1, -0.05) is 6.08 Å². The zero-order chi connectivity index (χ0) is 15.2. The molecule has 9 nitrogen and oxygen atoms in total. The van der Waals surface area contributed by atoms with Crippen molar-refractivity contribution < 1.29 is 22.0 Å². The number of aromatic amines is 1. The van der Waals surface area contributed by atoms with Crippen LogP contribution in [0.5, 0.6) is 0 Å². The van der Waals surface area contributed by atoms with Gasteiger partial charge in [-0.05, 0) is 17.7 Å². The highest BCUT2D eigenvalue weighted by Gasteiger charge is 2.45. The van der Waals surface area contributed by atoms with E-state index in [1.807, 2.05) is 0 Å². The van der Waals surface area contributed by atoms with Crippen molar-refractivity contribution >= 4 is 22.0 Å². The number of hydrogen-bond donors (Lipinski definition) is 2. The summed E-state index contributed by atoms with van der Waals surface area (Å²) in [7, 11) is -4.83. The lowest BCUT2D eigenvalue weighted by Gasteiger charge is -2.23. The summed E-state index contributed by atoms with van der Waals surface area (Å²) in [5, 5.41) is 0.570. The maximum Gasteiger partial charge on any atom is 0.418 e. The van der Waals surface area contributed by atoms with E-state index in [9.17, 15) is 18.0 Å². The maximum atomic E-state index is 12.0. The first kappa shape index (κ1) is 13.8. The summed E-state index contributed by atoms with van der Waals surface area (Å²) in [5.41, 5.74) is 0.437. The fourth-order valence-electron chi connectivity index (χ4n) is 2.48. The normalized spacial score (nSPS) is 21.7. The van der Waals surface area contributed by atoms with Crippen LogP contribution < -0.4 is 5.56 Å². The van der Waals surface area contributed by atoms with Crippen LogP contribution in [0.2, 0.25) is 0 Å². The third-order valence-electron chi connectivity index (χ3n) is 3.33. The summed E-state index contributed by atoms with van der Waals surface area (Å²) >= 11 is 0. The van der Waals surface area contributed by atoms with Gasteiger partial charge in [-0.3, -0.25) is 9.35 Å². The van der Waals surface area contributed by atoms with Gasteiger partial charge in [0.05, 0.1) is 6.54 Å². The average Bonchev–Trinajstić information content (AvgIpc) is 2.64. The van der Waals surface area contributed by atoms with Gasteiger partial charge in [0.2, 0.25) is 0 Å². The summed E-state index contributed by atoms with van der Waals surface area (Å²) in [6, 6.07) is 1.72. The molecule has 0 spiro atoms. The number of aromatic nitrogens is 1. The van der Waals surface area contributed by atoms with E-state index in [4.69, 9.17) is 4.55 Å². The molecule has 3 heterocycles. The SMILES string of the molecule is O=C1N2CC=C(c3ccc[nH]c3=O)C(C2)N1OS(=O)(=O)O. The van der Waals surface area contributed by atoms with Crippen LogP contribution in [-0.4, -0.2) is 53.1 Å². The second-order valence-electron chi connectivity index (χ2n) is 4.60. The van der Waals surface area contributed by atoms with Crippen LogP contribution in [0.25, 0.3) is 5.57 Å². The van der Waals surface area contributed by atoms with E-state index in [0.717, 1.165) is 0 Å². The molecule has 2 aliphatic rings. The average molecular weight is 313 g/mol. The van der Waals surface area contributed by atoms with Gasteiger partial charge < -0.3 is 9.88 Å². The second-order valence-corrected chi connectivity index (χ2v) is 5.61. The highest BCUT2D eigenvalue weighted by Crippen LogP contribution is 2.31. The Morgan fingerprint density at radius 2 is 2.14 bits per heavy atom. The number of pyridine rings is 1. The second kappa shape index (κ2) is 4.69. The van der Waals surface area contributed by atoms with Gasteiger partial charge in [0.25, 0.3) is 5.56 Å². The van der Waals surface area contributed by atoms with Gasteiger partial charge in [0, 0.05) is 18.3 Å². The number of rotatable bonds is 3. The number of carbonyl (C=O) groups is 1. The van der Waals surface area contributed by atoms with E-state index in [1.54, 1.807) is 18.2 Å². The smallest absolute Gasteiger partial charge is 0.329 e. The Morgan fingerprint density at radius 1 is 1.38 bits per heavy atom. The molecule has 1 atom stereocenters. The van der Waals surface area contributed by atoms with E-state index in [-0.39, 0.29) is 18.6 Å². The van der Waals surface area contributed by atoms with Crippen molar-refractivity contribution in [3.63, 3.8) is 0 Å². The van der Waals surface area contributed by atoms with Crippen LogP contribution in [0, 0.1) is 0 Å². The number of carbonyl (C=O) groups excluding carboxylic acids is 1. The molecule has 0 aliphatic carbocycles. The molecule has 1 aromatic heterocycles. The number of nitrogens with zero attached hydrogens (tertiary/aromatic N) is 2. The predicted octanol–water partition coefficient (Wildman–Crippen LogP) is -0.387. The van der Waals surface area contributed by atoms with Crippen molar-refractivity contribution in [1.82, 2.24) is 14.9 Å². The predicted molar refractivity (Wildman–Crippen MR) is 70.3 cm³/mol. The van der Waals surface area contributed by atoms with Crippen molar-refractivity contribution in [3.8, 4) is 0 Å². The molecule has 2 amide bonds. The van der Waals surface area contributed by atoms with Gasteiger partial charge in [0.1, 0.15) is 6.04 Å². The molecule has 1 unspecified atom stereocenters. The van der Waals surface area contributed by atoms with Crippen LogP contribution in [0.4, 0.5) is 4.79 Å². The molecule has 3 rings (SSSR count). The summed E-state index contributed by atoms with van der Waals surface area (Å²) < 4.78 is 34.8. The van der Waals surface area contributed by atoms with Gasteiger partial charge >= 0.3 is 16.4 Å². The van der Waals surface area contributed by atoms with Gasteiger partial charge in [-0.25, -0.2) is 4.79 Å². The molecule has 112 valence electrons. The number of urea groups is 1. The van der Waals surface area contributed by atoms with Gasteiger partial charge in [0.15, 0.2) is 0 Å².